The minimum Gasteiger partial charge on any atom is -0.507 e. The number of phenols is 1. The van der Waals surface area contributed by atoms with Gasteiger partial charge in [0.25, 0.3) is 0 Å². The Bertz CT molecular complexity index is 442. The third-order valence-corrected chi connectivity index (χ3v) is 3.35. The molecule has 0 fully saturated rings. The number of phenolic OH excluding ortho intramolecular Hbond substituents is 1. The molecule has 1 atom stereocenters. The molecule has 1 N–H and O–H groups in total. The van der Waals surface area contributed by atoms with E-state index in [0.717, 1.165) is 0 Å². The molecular formula is C12H13IO4. The van der Waals surface area contributed by atoms with Crippen LogP contribution in [0.2, 0.25) is 0 Å². The van der Waals surface area contributed by atoms with Crippen molar-refractivity contribution in [3.05, 3.63) is 27.3 Å². The molecule has 0 saturated carbocycles. The van der Waals surface area contributed by atoms with E-state index in [0.29, 0.717) is 15.6 Å². The van der Waals surface area contributed by atoms with E-state index in [1.54, 1.807) is 19.1 Å². The Morgan fingerprint density at radius 3 is 2.59 bits per heavy atom. The van der Waals surface area contributed by atoms with Crippen LogP contribution in [0, 0.1) is 9.49 Å². The molecule has 0 aliphatic carbocycles. The highest BCUT2D eigenvalue weighted by molar-refractivity contribution is 14.1. The lowest BCUT2D eigenvalue weighted by atomic mass is 9.95. The van der Waals surface area contributed by atoms with Gasteiger partial charge in [0.15, 0.2) is 5.78 Å². The Morgan fingerprint density at radius 1 is 1.47 bits per heavy atom. The van der Waals surface area contributed by atoms with Crippen molar-refractivity contribution in [3.63, 3.8) is 0 Å². The molecule has 0 bridgehead atoms. The third kappa shape index (κ3) is 3.18. The summed E-state index contributed by atoms with van der Waals surface area (Å²) in [5, 5.41) is 9.52. The fraction of sp³-hybridized carbons (Fsp3) is 0.333. The lowest BCUT2D eigenvalue weighted by Gasteiger charge is -2.11. The van der Waals surface area contributed by atoms with Crippen molar-refractivity contribution < 1.29 is 19.4 Å². The first kappa shape index (κ1) is 14.0. The highest BCUT2D eigenvalue weighted by Gasteiger charge is 2.26. The predicted molar refractivity (Wildman–Crippen MR) is 71.0 cm³/mol. The van der Waals surface area contributed by atoms with Crippen LogP contribution >= 0.6 is 22.6 Å². The highest BCUT2D eigenvalue weighted by Crippen LogP contribution is 2.23. The van der Waals surface area contributed by atoms with Crippen molar-refractivity contribution in [1.29, 1.82) is 0 Å². The Labute approximate surface area is 113 Å². The summed E-state index contributed by atoms with van der Waals surface area (Å²) in [6, 6.07) is 4.60. The van der Waals surface area contributed by atoms with Gasteiger partial charge in [-0.2, -0.15) is 0 Å². The zero-order chi connectivity index (χ0) is 13.0. The number of carbonyl (C=O) groups is 2. The summed E-state index contributed by atoms with van der Waals surface area (Å²) in [7, 11) is 1.25. The van der Waals surface area contributed by atoms with Gasteiger partial charge in [-0.05, 0) is 41.1 Å². The monoisotopic (exact) mass is 348 g/mol. The first-order valence-electron chi connectivity index (χ1n) is 5.11. The van der Waals surface area contributed by atoms with E-state index in [-0.39, 0.29) is 11.5 Å². The minimum absolute atomic E-state index is 0.0381. The zero-order valence-electron chi connectivity index (χ0n) is 9.57. The van der Waals surface area contributed by atoms with E-state index in [9.17, 15) is 14.7 Å². The summed E-state index contributed by atoms with van der Waals surface area (Å²) in [5.74, 6) is -1.64. The first-order valence-corrected chi connectivity index (χ1v) is 6.19. The summed E-state index contributed by atoms with van der Waals surface area (Å²) < 4.78 is 5.23. The van der Waals surface area contributed by atoms with Gasteiger partial charge < -0.3 is 9.84 Å². The number of benzene rings is 1. The molecule has 0 radical (unpaired) electrons. The van der Waals surface area contributed by atoms with Crippen molar-refractivity contribution in [1.82, 2.24) is 0 Å². The summed E-state index contributed by atoms with van der Waals surface area (Å²) in [6.07, 6.45) is 0.373. The van der Waals surface area contributed by atoms with Gasteiger partial charge in [0.2, 0.25) is 0 Å². The average Bonchev–Trinajstić information content (AvgIpc) is 2.33. The first-order chi connectivity index (χ1) is 8.01. The number of Topliss-reactive ketones (excluding diaryl/α,β-unsaturated/α-hetero) is 1. The maximum atomic E-state index is 12.0. The Kier molecular flexibility index (Phi) is 4.92. The van der Waals surface area contributed by atoms with E-state index < -0.39 is 11.9 Å². The van der Waals surface area contributed by atoms with Gasteiger partial charge in [0.1, 0.15) is 11.7 Å². The molecule has 1 aromatic carbocycles. The number of ketones is 1. The topological polar surface area (TPSA) is 63.6 Å². The summed E-state index contributed by atoms with van der Waals surface area (Å²) >= 11 is 1.96. The minimum atomic E-state index is -0.806. The van der Waals surface area contributed by atoms with Crippen molar-refractivity contribution >= 4 is 34.3 Å². The number of halogens is 1. The largest absolute Gasteiger partial charge is 0.507 e. The summed E-state index contributed by atoms with van der Waals surface area (Å²) in [6.45, 7) is 1.74. The Morgan fingerprint density at radius 2 is 2.12 bits per heavy atom. The fourth-order valence-electron chi connectivity index (χ4n) is 1.47. The molecule has 4 nitrogen and oxygen atoms in total. The van der Waals surface area contributed by atoms with Crippen molar-refractivity contribution in [2.45, 2.75) is 13.3 Å². The molecule has 1 unspecified atom stereocenters. The van der Waals surface area contributed by atoms with Crippen LogP contribution in [0.25, 0.3) is 0 Å². The second kappa shape index (κ2) is 6.00. The van der Waals surface area contributed by atoms with E-state index in [1.165, 1.54) is 13.2 Å². The van der Waals surface area contributed by atoms with Crippen LogP contribution in [0.5, 0.6) is 5.75 Å². The molecule has 0 aliphatic heterocycles. The van der Waals surface area contributed by atoms with Crippen molar-refractivity contribution in [2.24, 2.45) is 5.92 Å². The lowest BCUT2D eigenvalue weighted by Crippen LogP contribution is -2.24. The van der Waals surface area contributed by atoms with Gasteiger partial charge in [-0.15, -0.1) is 0 Å². The number of rotatable bonds is 4. The number of ether oxygens (including phenoxy) is 1. The summed E-state index contributed by atoms with van der Waals surface area (Å²) in [5.41, 5.74) is 0.320. The van der Waals surface area contributed by atoms with E-state index >= 15 is 0 Å². The van der Waals surface area contributed by atoms with Crippen LogP contribution in [0.1, 0.15) is 23.7 Å². The van der Waals surface area contributed by atoms with Gasteiger partial charge >= 0.3 is 5.97 Å². The van der Waals surface area contributed by atoms with Gasteiger partial charge in [-0.25, -0.2) is 0 Å². The molecular weight excluding hydrogens is 335 g/mol. The normalized spacial score (nSPS) is 11.9. The highest BCUT2D eigenvalue weighted by atomic mass is 127. The molecule has 0 saturated heterocycles. The van der Waals surface area contributed by atoms with Gasteiger partial charge in [0, 0.05) is 5.56 Å². The molecule has 0 aromatic heterocycles. The smallest absolute Gasteiger partial charge is 0.316 e. The molecule has 92 valence electrons. The molecule has 0 spiro atoms. The van der Waals surface area contributed by atoms with Crippen LogP contribution in [0.3, 0.4) is 0 Å². The number of esters is 1. The van der Waals surface area contributed by atoms with Crippen molar-refractivity contribution in [3.8, 4) is 5.75 Å². The third-order valence-electron chi connectivity index (χ3n) is 2.44. The maximum absolute atomic E-state index is 12.0. The molecule has 0 heterocycles. The quantitative estimate of drug-likeness (QED) is 0.393. The molecule has 1 rings (SSSR count). The van der Waals surface area contributed by atoms with Gasteiger partial charge in [0.05, 0.1) is 10.7 Å². The van der Waals surface area contributed by atoms with Crippen LogP contribution in [-0.2, 0) is 9.53 Å². The Balaban J connectivity index is 3.02. The maximum Gasteiger partial charge on any atom is 0.316 e. The van der Waals surface area contributed by atoms with Crippen LogP contribution in [0.15, 0.2) is 18.2 Å². The number of methoxy groups -OCH3 is 1. The van der Waals surface area contributed by atoms with E-state index in [1.807, 2.05) is 22.6 Å². The zero-order valence-corrected chi connectivity index (χ0v) is 11.7. The molecule has 1 aromatic rings. The van der Waals surface area contributed by atoms with Crippen LogP contribution in [0.4, 0.5) is 0 Å². The predicted octanol–water partition coefficient (Wildman–Crippen LogP) is 2.38. The van der Waals surface area contributed by atoms with Gasteiger partial charge in [-0.1, -0.05) is 13.0 Å². The summed E-state index contributed by atoms with van der Waals surface area (Å²) in [4.78, 5) is 23.4. The van der Waals surface area contributed by atoms with E-state index in [4.69, 9.17) is 0 Å². The standard InChI is InChI=1S/C12H13IO4/c1-3-8(12(16)17-2)11(15)7-4-5-9(13)10(14)6-7/h4-6,8,14H,3H2,1-2H3. The molecule has 0 amide bonds. The fourth-order valence-corrected chi connectivity index (χ4v) is 1.80. The number of aromatic hydroxyl groups is 1. The van der Waals surface area contributed by atoms with Crippen LogP contribution in [-0.4, -0.2) is 24.0 Å². The van der Waals surface area contributed by atoms with Gasteiger partial charge in [-0.3, -0.25) is 9.59 Å². The van der Waals surface area contributed by atoms with Crippen molar-refractivity contribution in [2.75, 3.05) is 7.11 Å². The average molecular weight is 348 g/mol. The second-order valence-electron chi connectivity index (χ2n) is 3.51. The Hall–Kier alpha value is -1.11. The van der Waals surface area contributed by atoms with E-state index in [2.05, 4.69) is 4.74 Å². The second-order valence-corrected chi connectivity index (χ2v) is 4.68. The SMILES string of the molecule is CCC(C(=O)OC)C(=O)c1ccc(I)c(O)c1. The number of carbonyl (C=O) groups excluding carboxylic acids is 2. The number of hydrogen-bond acceptors (Lipinski definition) is 4. The van der Waals surface area contributed by atoms with Crippen LogP contribution < -0.4 is 0 Å². The number of hydrogen-bond donors (Lipinski definition) is 1. The molecule has 0 aliphatic rings. The molecule has 17 heavy (non-hydrogen) atoms. The lowest BCUT2D eigenvalue weighted by molar-refractivity contribution is -0.143. The molecule has 5 heteroatoms.